The number of carbonyl (C=O) groups is 1. The van der Waals surface area contributed by atoms with Gasteiger partial charge in [0.15, 0.2) is 12.6 Å². The maximum absolute atomic E-state index is 10.7. The van der Waals surface area contributed by atoms with E-state index in [0.717, 1.165) is 0 Å². The summed E-state index contributed by atoms with van der Waals surface area (Å²) in [6.07, 6.45) is -1.84. The second-order valence-electron chi connectivity index (χ2n) is 4.25. The van der Waals surface area contributed by atoms with Crippen LogP contribution in [0.3, 0.4) is 0 Å². The van der Waals surface area contributed by atoms with Gasteiger partial charge in [-0.3, -0.25) is 9.69 Å². The molecule has 0 amide bonds. The first-order valence-electron chi connectivity index (χ1n) is 5.81. The molecule has 0 aromatic rings. The summed E-state index contributed by atoms with van der Waals surface area (Å²) < 4.78 is 11.5. The lowest BCUT2D eigenvalue weighted by Crippen LogP contribution is -2.40. The quantitative estimate of drug-likeness (QED) is 0.183. The lowest BCUT2D eigenvalue weighted by atomic mass is 10.4. The minimum atomic E-state index is -1.00. The van der Waals surface area contributed by atoms with E-state index >= 15 is 0 Å². The molecule has 0 radical (unpaired) electrons. The van der Waals surface area contributed by atoms with Crippen molar-refractivity contribution < 1.29 is 29.6 Å². The third kappa shape index (κ3) is 7.34. The van der Waals surface area contributed by atoms with E-state index in [2.05, 4.69) is 22.9 Å². The molecule has 0 saturated carbocycles. The number of epoxide rings is 1. The van der Waals surface area contributed by atoms with Gasteiger partial charge >= 0.3 is 5.97 Å². The minimum Gasteiger partial charge on any atom is -0.480 e. The number of methoxy groups -OCH3 is 1. The van der Waals surface area contributed by atoms with Crippen LogP contribution in [0.25, 0.3) is 0 Å². The van der Waals surface area contributed by atoms with Gasteiger partial charge in [0.2, 0.25) is 0 Å². The van der Waals surface area contributed by atoms with Crippen molar-refractivity contribution >= 4 is 28.8 Å². The maximum Gasteiger partial charge on any atom is 0.317 e. The molecule has 0 bridgehead atoms. The van der Waals surface area contributed by atoms with E-state index in [1.807, 2.05) is 3.11 Å². The molecular formula is C10H19IN2O6. The number of hydrogen-bond donors (Lipinski definition) is 3. The summed E-state index contributed by atoms with van der Waals surface area (Å²) in [6.45, 7) is 1.62. The molecular weight excluding hydrogens is 371 g/mol. The molecule has 3 atom stereocenters. The molecule has 9 heteroatoms. The van der Waals surface area contributed by atoms with E-state index < -0.39 is 18.5 Å². The van der Waals surface area contributed by atoms with Gasteiger partial charge in [0.05, 0.1) is 6.54 Å². The van der Waals surface area contributed by atoms with Gasteiger partial charge < -0.3 is 24.8 Å². The van der Waals surface area contributed by atoms with Crippen molar-refractivity contribution in [3.8, 4) is 0 Å². The van der Waals surface area contributed by atoms with Crippen LogP contribution in [0.1, 0.15) is 0 Å². The molecule has 1 aliphatic heterocycles. The van der Waals surface area contributed by atoms with Gasteiger partial charge in [-0.15, -0.1) is 0 Å². The molecule has 3 N–H and O–H groups in total. The molecule has 0 spiro atoms. The van der Waals surface area contributed by atoms with E-state index in [4.69, 9.17) is 19.7 Å². The van der Waals surface area contributed by atoms with Crippen LogP contribution in [0.5, 0.6) is 0 Å². The van der Waals surface area contributed by atoms with Crippen LogP contribution in [0.4, 0.5) is 0 Å². The second-order valence-corrected chi connectivity index (χ2v) is 5.62. The summed E-state index contributed by atoms with van der Waals surface area (Å²) in [6, 6.07) is 0. The minimum absolute atomic E-state index is 0.135. The van der Waals surface area contributed by atoms with Crippen LogP contribution in [-0.2, 0) is 14.3 Å². The Labute approximate surface area is 125 Å². The number of aliphatic hydroxyl groups is 2. The predicted molar refractivity (Wildman–Crippen MR) is 73.6 cm³/mol. The van der Waals surface area contributed by atoms with Gasteiger partial charge in [0, 0.05) is 56.2 Å². The van der Waals surface area contributed by atoms with Gasteiger partial charge in [-0.1, -0.05) is 0 Å². The Bertz CT molecular complexity index is 295. The lowest BCUT2D eigenvalue weighted by Gasteiger charge is -2.24. The Morgan fingerprint density at radius 3 is 2.63 bits per heavy atom. The fraction of sp³-hybridized carbons (Fsp3) is 0.900. The molecule has 1 aliphatic rings. The van der Waals surface area contributed by atoms with E-state index in [9.17, 15) is 9.90 Å². The van der Waals surface area contributed by atoms with Crippen molar-refractivity contribution in [1.29, 1.82) is 0 Å². The highest BCUT2D eigenvalue weighted by Gasteiger charge is 2.37. The first-order valence-corrected chi connectivity index (χ1v) is 6.78. The van der Waals surface area contributed by atoms with Crippen molar-refractivity contribution in [2.45, 2.75) is 18.7 Å². The smallest absolute Gasteiger partial charge is 0.317 e. The largest absolute Gasteiger partial charge is 0.480 e. The molecule has 112 valence electrons. The topological polar surface area (TPSA) is 106 Å². The predicted octanol–water partition coefficient (Wildman–Crippen LogP) is -1.29. The van der Waals surface area contributed by atoms with Gasteiger partial charge in [-0.2, -0.15) is 0 Å². The van der Waals surface area contributed by atoms with Gasteiger partial charge in [0.25, 0.3) is 0 Å². The number of halogens is 1. The first-order chi connectivity index (χ1) is 8.92. The monoisotopic (exact) mass is 390 g/mol. The average Bonchev–Trinajstić information content (AvgIpc) is 3.00. The van der Waals surface area contributed by atoms with Crippen LogP contribution in [-0.4, -0.2) is 87.8 Å². The van der Waals surface area contributed by atoms with Crippen LogP contribution in [0.2, 0.25) is 0 Å². The summed E-state index contributed by atoms with van der Waals surface area (Å²) in [7, 11) is 1.36. The summed E-state index contributed by atoms with van der Waals surface area (Å²) in [4.78, 5) is 12.3. The average molecular weight is 390 g/mol. The Morgan fingerprint density at radius 2 is 2.16 bits per heavy atom. The number of ether oxygens (including phenoxy) is 2. The Balaban J connectivity index is 2.27. The van der Waals surface area contributed by atoms with E-state index in [-0.39, 0.29) is 19.2 Å². The molecule has 8 nitrogen and oxygen atoms in total. The highest BCUT2D eigenvalue weighted by molar-refractivity contribution is 14.1. The van der Waals surface area contributed by atoms with Gasteiger partial charge in [-0.25, -0.2) is 3.11 Å². The Kier molecular flexibility index (Phi) is 7.42. The normalized spacial score (nSPS) is 23.9. The summed E-state index contributed by atoms with van der Waals surface area (Å²) in [5, 5.41) is 27.2. The molecule has 19 heavy (non-hydrogen) atoms. The molecule has 3 unspecified atom stereocenters. The zero-order valence-electron chi connectivity index (χ0n) is 10.6. The third-order valence-electron chi connectivity index (χ3n) is 2.64. The number of carboxylic acids is 1. The maximum atomic E-state index is 10.7. The summed E-state index contributed by atoms with van der Waals surface area (Å²) >= 11 is 2.09. The summed E-state index contributed by atoms with van der Waals surface area (Å²) in [5.41, 5.74) is 0. The molecule has 1 rings (SSSR count). The van der Waals surface area contributed by atoms with Crippen molar-refractivity contribution in [1.82, 2.24) is 8.01 Å². The van der Waals surface area contributed by atoms with Crippen molar-refractivity contribution in [3.05, 3.63) is 0 Å². The number of aliphatic carboxylic acids is 1. The lowest BCUT2D eigenvalue weighted by molar-refractivity contribution is -0.140. The van der Waals surface area contributed by atoms with Gasteiger partial charge in [0.1, 0.15) is 6.10 Å². The molecule has 1 fully saturated rings. The number of carboxylic acid groups (broad SMARTS) is 1. The van der Waals surface area contributed by atoms with Crippen LogP contribution >= 0.6 is 22.9 Å². The highest BCUT2D eigenvalue weighted by Crippen LogP contribution is 2.21. The zero-order chi connectivity index (χ0) is 14.4. The zero-order valence-corrected chi connectivity index (χ0v) is 12.8. The number of nitrogens with zero attached hydrogens (tertiary/aromatic N) is 2. The van der Waals surface area contributed by atoms with Gasteiger partial charge in [-0.05, 0) is 0 Å². The Morgan fingerprint density at radius 1 is 1.53 bits per heavy atom. The molecule has 0 aromatic heterocycles. The standard InChI is InChI=1S/C10H19IN2O6/c1-18-9(16)6-12(5-8(14)15)2-3-13(11)4-7-10(17)19-7/h7,9-10,16-17H,2-6H2,1H3,(H,14,15). The van der Waals surface area contributed by atoms with E-state index in [0.29, 0.717) is 19.6 Å². The van der Waals surface area contributed by atoms with Crippen molar-refractivity contribution in [3.63, 3.8) is 0 Å². The molecule has 0 aromatic carbocycles. The van der Waals surface area contributed by atoms with Crippen molar-refractivity contribution in [2.75, 3.05) is 39.8 Å². The highest BCUT2D eigenvalue weighted by atomic mass is 127. The number of aliphatic hydroxyl groups excluding tert-OH is 2. The molecule has 0 aliphatic carbocycles. The number of hydrogen-bond acceptors (Lipinski definition) is 7. The van der Waals surface area contributed by atoms with Crippen LogP contribution < -0.4 is 0 Å². The molecule has 1 heterocycles. The summed E-state index contributed by atoms with van der Waals surface area (Å²) in [5.74, 6) is -0.954. The van der Waals surface area contributed by atoms with Crippen LogP contribution in [0.15, 0.2) is 0 Å². The second kappa shape index (κ2) is 8.29. The number of rotatable bonds is 10. The fourth-order valence-electron chi connectivity index (χ4n) is 1.52. The molecule has 1 saturated heterocycles. The third-order valence-corrected chi connectivity index (χ3v) is 3.51. The van der Waals surface area contributed by atoms with E-state index in [1.54, 1.807) is 4.90 Å². The fourth-order valence-corrected chi connectivity index (χ4v) is 2.13. The SMILES string of the molecule is COC(O)CN(CCN(I)CC1OC1O)CC(=O)O. The first kappa shape index (κ1) is 17.0. The van der Waals surface area contributed by atoms with Crippen LogP contribution in [0, 0.1) is 0 Å². The van der Waals surface area contributed by atoms with Crippen molar-refractivity contribution in [2.24, 2.45) is 0 Å². The van der Waals surface area contributed by atoms with E-state index in [1.165, 1.54) is 7.11 Å². The Hall–Kier alpha value is -0.0400.